The van der Waals surface area contributed by atoms with Gasteiger partial charge in [0.25, 0.3) is 6.29 Å². The highest BCUT2D eigenvalue weighted by atomic mass is 16.7. The predicted octanol–water partition coefficient (Wildman–Crippen LogP) is 11.8. The Morgan fingerprint density at radius 2 is 0.964 bits per heavy atom. The number of likely N-dealkylation sites (N-methyl/N-ethyl adjacent to an activating group) is 1. The molecule has 0 saturated carbocycles. The van der Waals surface area contributed by atoms with Crippen LogP contribution in [0.3, 0.4) is 0 Å². The maximum Gasteiger partial charge on any atom is 0.361 e. The van der Waals surface area contributed by atoms with Crippen molar-refractivity contribution in [2.75, 3.05) is 47.5 Å². The van der Waals surface area contributed by atoms with E-state index < -0.39 is 24.3 Å². The number of carbonyl (C=O) groups excluding carboxylic acids is 2. The molecule has 0 radical (unpaired) electrons. The maximum atomic E-state index is 12.7. The molecular weight excluding hydrogens is 707 g/mol. The molecule has 9 heteroatoms. The summed E-state index contributed by atoms with van der Waals surface area (Å²) in [6, 6.07) is 0. The molecule has 9 nitrogen and oxygen atoms in total. The first-order valence-electron chi connectivity index (χ1n) is 22.7. The van der Waals surface area contributed by atoms with E-state index in [1.165, 1.54) is 96.3 Å². The Bertz CT molecular complexity index is 1020. The number of ether oxygens (including phenoxy) is 4. The van der Waals surface area contributed by atoms with Crippen LogP contribution < -0.4 is 0 Å². The summed E-state index contributed by atoms with van der Waals surface area (Å²) in [7, 11) is 5.94. The number of carboxylic acids is 1. The highest BCUT2D eigenvalue weighted by Gasteiger charge is 2.25. The minimum atomic E-state index is -1.51. The quantitative estimate of drug-likeness (QED) is 0.0214. The Morgan fingerprint density at radius 1 is 0.536 bits per heavy atom. The Labute approximate surface area is 343 Å². The van der Waals surface area contributed by atoms with Crippen LogP contribution in [0, 0.1) is 0 Å². The predicted molar refractivity (Wildman–Crippen MR) is 230 cm³/mol. The van der Waals surface area contributed by atoms with E-state index in [1.807, 2.05) is 21.1 Å². The third-order valence-corrected chi connectivity index (χ3v) is 9.65. The topological polar surface area (TPSA) is 108 Å². The van der Waals surface area contributed by atoms with Gasteiger partial charge in [-0.05, 0) is 51.4 Å². The molecule has 0 aromatic carbocycles. The second kappa shape index (κ2) is 39.3. The van der Waals surface area contributed by atoms with Gasteiger partial charge in [-0.3, -0.25) is 9.59 Å². The molecule has 0 amide bonds. The maximum absolute atomic E-state index is 12.7. The Balaban J connectivity index is 4.19. The number of allylic oxidation sites excluding steroid dienone is 6. The molecule has 0 aliphatic carbocycles. The summed E-state index contributed by atoms with van der Waals surface area (Å²) in [5, 5.41) is 9.59. The van der Waals surface area contributed by atoms with Crippen LogP contribution in [0.5, 0.6) is 0 Å². The van der Waals surface area contributed by atoms with Gasteiger partial charge < -0.3 is 28.5 Å². The minimum Gasteiger partial charge on any atom is -0.477 e. The lowest BCUT2D eigenvalue weighted by Gasteiger charge is -2.25. The molecule has 0 rings (SSSR count). The molecule has 1 N–H and O–H groups in total. The zero-order valence-electron chi connectivity index (χ0n) is 36.8. The molecule has 0 aliphatic heterocycles. The monoisotopic (exact) mass is 793 g/mol. The third kappa shape index (κ3) is 39.7. The number of hydrogen-bond acceptors (Lipinski definition) is 7. The summed E-state index contributed by atoms with van der Waals surface area (Å²) in [5.41, 5.74) is 0. The molecule has 0 spiro atoms. The van der Waals surface area contributed by atoms with E-state index in [-0.39, 0.29) is 32.2 Å². The van der Waals surface area contributed by atoms with Crippen molar-refractivity contribution in [1.29, 1.82) is 0 Å². The van der Waals surface area contributed by atoms with Crippen LogP contribution >= 0.6 is 0 Å². The van der Waals surface area contributed by atoms with Gasteiger partial charge in [0.2, 0.25) is 0 Å². The fraction of sp³-hybridized carbons (Fsp3) is 0.809. The Kier molecular flexibility index (Phi) is 37.6. The molecular formula is C47H86NO8+. The zero-order valence-corrected chi connectivity index (χ0v) is 36.8. The first kappa shape index (κ1) is 53.5. The Hall–Kier alpha value is -2.49. The molecule has 2 unspecified atom stereocenters. The average molecular weight is 793 g/mol. The van der Waals surface area contributed by atoms with Crippen LogP contribution in [0.4, 0.5) is 0 Å². The van der Waals surface area contributed by atoms with E-state index in [0.29, 0.717) is 17.4 Å². The van der Waals surface area contributed by atoms with Gasteiger partial charge in [0.05, 0.1) is 34.4 Å². The highest BCUT2D eigenvalue weighted by Crippen LogP contribution is 2.14. The number of rotatable bonds is 41. The SMILES string of the molecule is CCCCCCC/C=C\C/C=C\C/C=C\CCCCCCCCCCCCC(=O)OC(COC(=O)CCCCCCCC)COC(OCC[N+](C)(C)C)C(=O)O. The largest absolute Gasteiger partial charge is 0.477 e. The second-order valence-electron chi connectivity index (χ2n) is 16.4. The number of unbranched alkanes of at least 4 members (excludes halogenated alkanes) is 20. The van der Waals surface area contributed by atoms with Crippen LogP contribution in [-0.2, 0) is 33.3 Å². The summed E-state index contributed by atoms with van der Waals surface area (Å²) >= 11 is 0. The number of hydrogen-bond donors (Lipinski definition) is 1. The van der Waals surface area contributed by atoms with Gasteiger partial charge in [0.1, 0.15) is 13.2 Å². The molecule has 0 aromatic rings. The van der Waals surface area contributed by atoms with Crippen molar-refractivity contribution >= 4 is 17.9 Å². The van der Waals surface area contributed by atoms with Gasteiger partial charge in [0.15, 0.2) is 6.10 Å². The fourth-order valence-electron chi connectivity index (χ4n) is 6.08. The summed E-state index contributed by atoms with van der Waals surface area (Å²) in [4.78, 5) is 36.8. The number of carboxylic acid groups (broad SMARTS) is 1. The van der Waals surface area contributed by atoms with Gasteiger partial charge in [-0.2, -0.15) is 0 Å². The normalized spacial score (nSPS) is 13.2. The number of nitrogens with zero attached hydrogens (tertiary/aromatic N) is 1. The standard InChI is InChI=1S/C47H85NO8/c1-6-8-10-12-14-15-16-17-18-19-20-21-22-23-24-25-26-27-28-29-30-31-32-34-36-38-45(50)56-43(41-54-44(49)37-35-33-13-11-9-7-2)42-55-47(46(51)52)53-40-39-48(3,4)5/h16-17,19-20,22-23,43,47H,6-15,18,21,24-42H2,1-5H3/p+1/b17-16-,20-19-,23-22-. The van der Waals surface area contributed by atoms with Gasteiger partial charge in [-0.1, -0.05) is 159 Å². The van der Waals surface area contributed by atoms with E-state index in [2.05, 4.69) is 50.3 Å². The number of esters is 2. The van der Waals surface area contributed by atoms with E-state index in [4.69, 9.17) is 18.9 Å². The first-order valence-corrected chi connectivity index (χ1v) is 22.7. The van der Waals surface area contributed by atoms with Crippen molar-refractivity contribution in [1.82, 2.24) is 0 Å². The molecule has 0 bridgehead atoms. The van der Waals surface area contributed by atoms with Crippen molar-refractivity contribution < 1.29 is 42.9 Å². The molecule has 0 aromatic heterocycles. The fourth-order valence-corrected chi connectivity index (χ4v) is 6.08. The lowest BCUT2D eigenvalue weighted by atomic mass is 10.0. The van der Waals surface area contributed by atoms with E-state index in [1.54, 1.807) is 0 Å². The van der Waals surface area contributed by atoms with Crippen molar-refractivity contribution in [2.45, 2.75) is 200 Å². The van der Waals surface area contributed by atoms with Crippen molar-refractivity contribution in [2.24, 2.45) is 0 Å². The first-order chi connectivity index (χ1) is 27.1. The molecule has 56 heavy (non-hydrogen) atoms. The number of carbonyl (C=O) groups is 3. The van der Waals surface area contributed by atoms with Crippen LogP contribution in [0.2, 0.25) is 0 Å². The van der Waals surface area contributed by atoms with E-state index >= 15 is 0 Å². The van der Waals surface area contributed by atoms with Gasteiger partial charge in [0, 0.05) is 12.8 Å². The minimum absolute atomic E-state index is 0.183. The molecule has 2 atom stereocenters. The van der Waals surface area contributed by atoms with Gasteiger partial charge in [-0.15, -0.1) is 0 Å². The average Bonchev–Trinajstić information content (AvgIpc) is 3.15. The van der Waals surface area contributed by atoms with Crippen LogP contribution in [0.25, 0.3) is 0 Å². The second-order valence-corrected chi connectivity index (χ2v) is 16.4. The summed E-state index contributed by atoms with van der Waals surface area (Å²) in [6.07, 6.45) is 41.0. The lowest BCUT2D eigenvalue weighted by Crippen LogP contribution is -2.40. The zero-order chi connectivity index (χ0) is 41.4. The van der Waals surface area contributed by atoms with Gasteiger partial charge in [-0.25, -0.2) is 4.79 Å². The molecule has 0 saturated heterocycles. The molecule has 0 heterocycles. The summed E-state index contributed by atoms with van der Waals surface area (Å²) in [6.45, 7) is 4.78. The highest BCUT2D eigenvalue weighted by molar-refractivity contribution is 5.71. The smallest absolute Gasteiger partial charge is 0.361 e. The molecule has 0 aliphatic rings. The van der Waals surface area contributed by atoms with E-state index in [9.17, 15) is 19.5 Å². The van der Waals surface area contributed by atoms with Crippen molar-refractivity contribution in [3.05, 3.63) is 36.5 Å². The van der Waals surface area contributed by atoms with Crippen LogP contribution in [0.1, 0.15) is 187 Å². The number of quaternary nitrogens is 1. The van der Waals surface area contributed by atoms with Crippen LogP contribution in [-0.4, -0.2) is 87.4 Å². The lowest BCUT2D eigenvalue weighted by molar-refractivity contribution is -0.870. The number of aliphatic carboxylic acids is 1. The Morgan fingerprint density at radius 3 is 1.43 bits per heavy atom. The summed E-state index contributed by atoms with van der Waals surface area (Å²) < 4.78 is 22.6. The summed E-state index contributed by atoms with van der Waals surface area (Å²) in [5.74, 6) is -2.02. The van der Waals surface area contributed by atoms with Gasteiger partial charge >= 0.3 is 17.9 Å². The third-order valence-electron chi connectivity index (χ3n) is 9.65. The molecule has 326 valence electrons. The van der Waals surface area contributed by atoms with Crippen molar-refractivity contribution in [3.63, 3.8) is 0 Å². The van der Waals surface area contributed by atoms with E-state index in [0.717, 1.165) is 64.2 Å². The van der Waals surface area contributed by atoms with Crippen LogP contribution in [0.15, 0.2) is 36.5 Å². The van der Waals surface area contributed by atoms with Crippen molar-refractivity contribution in [3.8, 4) is 0 Å². The molecule has 0 fully saturated rings.